The monoisotopic (exact) mass is 473 g/mol. The first-order chi connectivity index (χ1) is 16.5. The Hall–Kier alpha value is -2.99. The maximum atomic E-state index is 12.9. The van der Waals surface area contributed by atoms with Crippen molar-refractivity contribution < 1.29 is 9.63 Å². The van der Waals surface area contributed by atoms with Crippen LogP contribution in [-0.4, -0.2) is 34.6 Å². The smallest absolute Gasteiger partial charge is 0.227 e. The molecule has 3 aromatic rings. The molecule has 1 atom stereocenters. The summed E-state index contributed by atoms with van der Waals surface area (Å²) in [4.78, 5) is 25.6. The number of carbonyl (C=O) groups is 1. The molecule has 5 nitrogen and oxygen atoms in total. The van der Waals surface area contributed by atoms with E-state index in [1.807, 2.05) is 17.0 Å². The predicted molar refractivity (Wildman–Crippen MR) is 136 cm³/mol. The van der Waals surface area contributed by atoms with Crippen molar-refractivity contribution >= 4 is 23.0 Å². The van der Waals surface area contributed by atoms with Gasteiger partial charge in [0.2, 0.25) is 5.91 Å². The SMILES string of the molecule is Cc1ccc(C)c(CC(=O)N2CCC(c3nc(C4=NOC(c5ccccc5C)C4)cs3)CC2)c1. The molecule has 1 aromatic heterocycles. The third-order valence-electron chi connectivity index (χ3n) is 7.07. The van der Waals surface area contributed by atoms with E-state index in [0.29, 0.717) is 12.3 Å². The summed E-state index contributed by atoms with van der Waals surface area (Å²) in [5.74, 6) is 0.630. The zero-order chi connectivity index (χ0) is 23.7. The third kappa shape index (κ3) is 4.78. The minimum atomic E-state index is -0.0346. The zero-order valence-corrected chi connectivity index (χ0v) is 20.9. The highest BCUT2D eigenvalue weighted by Gasteiger charge is 2.29. The van der Waals surface area contributed by atoms with Crippen LogP contribution in [0.5, 0.6) is 0 Å². The van der Waals surface area contributed by atoms with Crippen molar-refractivity contribution in [1.29, 1.82) is 0 Å². The summed E-state index contributed by atoms with van der Waals surface area (Å²) in [5, 5.41) is 7.62. The van der Waals surface area contributed by atoms with Gasteiger partial charge in [-0.1, -0.05) is 53.2 Å². The molecule has 2 aromatic carbocycles. The molecule has 5 rings (SSSR count). The van der Waals surface area contributed by atoms with Crippen LogP contribution in [0, 0.1) is 20.8 Å². The second kappa shape index (κ2) is 9.71. The molecular weight excluding hydrogens is 442 g/mol. The molecule has 2 aliphatic rings. The van der Waals surface area contributed by atoms with Crippen LogP contribution < -0.4 is 0 Å². The zero-order valence-electron chi connectivity index (χ0n) is 20.1. The summed E-state index contributed by atoms with van der Waals surface area (Å²) >= 11 is 1.71. The number of likely N-dealkylation sites (tertiary alicyclic amines) is 1. The van der Waals surface area contributed by atoms with Crippen LogP contribution >= 0.6 is 11.3 Å². The summed E-state index contributed by atoms with van der Waals surface area (Å²) in [6.45, 7) is 7.85. The van der Waals surface area contributed by atoms with Gasteiger partial charge < -0.3 is 9.74 Å². The molecule has 0 spiro atoms. The molecule has 0 N–H and O–H groups in total. The van der Waals surface area contributed by atoms with Crippen molar-refractivity contribution in [2.24, 2.45) is 5.16 Å². The number of hydrogen-bond donors (Lipinski definition) is 0. The fourth-order valence-electron chi connectivity index (χ4n) is 4.89. The lowest BCUT2D eigenvalue weighted by atomic mass is 9.96. The highest BCUT2D eigenvalue weighted by atomic mass is 32.1. The molecule has 1 saturated heterocycles. The Morgan fingerprint density at radius 1 is 1.09 bits per heavy atom. The van der Waals surface area contributed by atoms with E-state index in [1.165, 1.54) is 22.3 Å². The Morgan fingerprint density at radius 2 is 1.88 bits per heavy atom. The summed E-state index contributed by atoms with van der Waals surface area (Å²) < 4.78 is 0. The minimum absolute atomic E-state index is 0.0346. The number of oxime groups is 1. The van der Waals surface area contributed by atoms with Crippen LogP contribution in [0.3, 0.4) is 0 Å². The summed E-state index contributed by atoms with van der Waals surface area (Å²) in [6.07, 6.45) is 3.12. The van der Waals surface area contributed by atoms with Crippen molar-refractivity contribution in [3.05, 3.63) is 86.4 Å². The Bertz CT molecular complexity index is 1220. The number of aryl methyl sites for hydroxylation is 3. The molecule has 176 valence electrons. The van der Waals surface area contributed by atoms with Gasteiger partial charge in [-0.05, 0) is 55.9 Å². The molecule has 0 aliphatic carbocycles. The lowest BCUT2D eigenvalue weighted by Gasteiger charge is -2.31. The van der Waals surface area contributed by atoms with E-state index in [9.17, 15) is 4.79 Å². The van der Waals surface area contributed by atoms with E-state index in [2.05, 4.69) is 61.6 Å². The van der Waals surface area contributed by atoms with Gasteiger partial charge in [0.1, 0.15) is 5.71 Å². The van der Waals surface area contributed by atoms with Gasteiger partial charge >= 0.3 is 0 Å². The molecule has 34 heavy (non-hydrogen) atoms. The minimum Gasteiger partial charge on any atom is -0.387 e. The Balaban J connectivity index is 1.17. The number of rotatable bonds is 5. The molecule has 1 unspecified atom stereocenters. The van der Waals surface area contributed by atoms with Crippen LogP contribution in [0.4, 0.5) is 0 Å². The number of carbonyl (C=O) groups excluding carboxylic acids is 1. The number of thiazole rings is 1. The van der Waals surface area contributed by atoms with Gasteiger partial charge in [-0.2, -0.15) is 0 Å². The summed E-state index contributed by atoms with van der Waals surface area (Å²) in [6, 6.07) is 14.7. The Kier molecular flexibility index (Phi) is 6.50. The number of piperidine rings is 1. The second-order valence-electron chi connectivity index (χ2n) is 9.53. The molecule has 1 fully saturated rings. The lowest BCUT2D eigenvalue weighted by molar-refractivity contribution is -0.131. The second-order valence-corrected chi connectivity index (χ2v) is 10.4. The van der Waals surface area contributed by atoms with Crippen molar-refractivity contribution in [2.45, 2.75) is 58.5 Å². The largest absolute Gasteiger partial charge is 0.387 e. The predicted octanol–water partition coefficient (Wildman–Crippen LogP) is 5.88. The van der Waals surface area contributed by atoms with E-state index in [0.717, 1.165) is 54.3 Å². The van der Waals surface area contributed by atoms with E-state index < -0.39 is 0 Å². The van der Waals surface area contributed by atoms with E-state index in [1.54, 1.807) is 11.3 Å². The van der Waals surface area contributed by atoms with E-state index in [4.69, 9.17) is 9.82 Å². The van der Waals surface area contributed by atoms with Crippen LogP contribution in [0.15, 0.2) is 53.0 Å². The molecule has 6 heteroatoms. The highest BCUT2D eigenvalue weighted by Crippen LogP contribution is 2.34. The number of benzene rings is 2. The van der Waals surface area contributed by atoms with Crippen LogP contribution in [0.2, 0.25) is 0 Å². The highest BCUT2D eigenvalue weighted by molar-refractivity contribution is 7.10. The molecule has 0 saturated carbocycles. The molecule has 1 amide bonds. The van der Waals surface area contributed by atoms with Crippen LogP contribution in [-0.2, 0) is 16.1 Å². The van der Waals surface area contributed by atoms with Gasteiger partial charge in [0.15, 0.2) is 6.10 Å². The molecule has 0 bridgehead atoms. The normalized spacial score (nSPS) is 18.6. The lowest BCUT2D eigenvalue weighted by Crippen LogP contribution is -2.38. The van der Waals surface area contributed by atoms with Crippen LogP contribution in [0.1, 0.15) is 69.8 Å². The molecular formula is C28H31N3O2S. The third-order valence-corrected chi connectivity index (χ3v) is 8.07. The maximum Gasteiger partial charge on any atom is 0.227 e. The molecule has 0 radical (unpaired) electrons. The molecule has 2 aliphatic heterocycles. The van der Waals surface area contributed by atoms with Crippen LogP contribution in [0.25, 0.3) is 0 Å². The topological polar surface area (TPSA) is 54.8 Å². The summed E-state index contributed by atoms with van der Waals surface area (Å²) in [7, 11) is 0. The number of hydrogen-bond acceptors (Lipinski definition) is 5. The van der Waals surface area contributed by atoms with Gasteiger partial charge in [0.05, 0.1) is 17.1 Å². The summed E-state index contributed by atoms with van der Waals surface area (Å²) in [5.41, 5.74) is 7.81. The first-order valence-corrected chi connectivity index (χ1v) is 12.9. The van der Waals surface area contributed by atoms with Crippen molar-refractivity contribution in [2.75, 3.05) is 13.1 Å². The van der Waals surface area contributed by atoms with Gasteiger partial charge in [0, 0.05) is 30.8 Å². The first kappa shape index (κ1) is 22.8. The average Bonchev–Trinajstić information content (AvgIpc) is 3.52. The standard InChI is InChI=1S/C28H31N3O2S/c1-18-8-9-19(2)22(14-18)15-27(32)31-12-10-21(11-13-31)28-29-25(17-34-28)24-16-26(33-30-24)23-7-5-4-6-20(23)3/h4-9,14,17,21,26H,10-13,15-16H2,1-3H3. The number of amides is 1. The molecule has 3 heterocycles. The maximum absolute atomic E-state index is 12.9. The first-order valence-electron chi connectivity index (χ1n) is 12.1. The van der Waals surface area contributed by atoms with Gasteiger partial charge in [-0.3, -0.25) is 4.79 Å². The van der Waals surface area contributed by atoms with Gasteiger partial charge in [-0.15, -0.1) is 11.3 Å². The Labute approximate surface area is 205 Å². The number of aromatic nitrogens is 1. The quantitative estimate of drug-likeness (QED) is 0.465. The Morgan fingerprint density at radius 3 is 2.68 bits per heavy atom. The fraction of sp³-hybridized carbons (Fsp3) is 0.393. The van der Waals surface area contributed by atoms with Crippen molar-refractivity contribution in [1.82, 2.24) is 9.88 Å². The van der Waals surface area contributed by atoms with Gasteiger partial charge in [0.25, 0.3) is 0 Å². The fourth-order valence-corrected chi connectivity index (χ4v) is 5.89. The van der Waals surface area contributed by atoms with E-state index in [-0.39, 0.29) is 12.0 Å². The average molecular weight is 474 g/mol. The van der Waals surface area contributed by atoms with Gasteiger partial charge in [-0.25, -0.2) is 4.98 Å². The van der Waals surface area contributed by atoms with E-state index >= 15 is 0 Å². The number of nitrogens with zero attached hydrogens (tertiary/aromatic N) is 3. The van der Waals surface area contributed by atoms with Crippen molar-refractivity contribution in [3.63, 3.8) is 0 Å². The van der Waals surface area contributed by atoms with Crippen molar-refractivity contribution in [3.8, 4) is 0 Å².